The summed E-state index contributed by atoms with van der Waals surface area (Å²) >= 11 is 0. The lowest BCUT2D eigenvalue weighted by atomic mass is 9.60. The van der Waals surface area contributed by atoms with Gasteiger partial charge in [0.1, 0.15) is 5.69 Å². The number of benzene rings is 1. The average molecular weight is 239 g/mol. The zero-order valence-corrected chi connectivity index (χ0v) is 11.5. The minimum atomic E-state index is 0.147. The molecule has 2 aromatic rings. The van der Waals surface area contributed by atoms with Gasteiger partial charge < -0.3 is 0 Å². The maximum absolute atomic E-state index is 2.43. The summed E-state index contributed by atoms with van der Waals surface area (Å²) < 4.78 is 4.76. The van der Waals surface area contributed by atoms with Gasteiger partial charge >= 0.3 is 0 Å². The highest BCUT2D eigenvalue weighted by Gasteiger charge is 2.51. The van der Waals surface area contributed by atoms with Gasteiger partial charge in [-0.15, -0.1) is 9.36 Å². The lowest BCUT2D eigenvalue weighted by Gasteiger charge is -2.45. The molecule has 3 heterocycles. The molecular formula is C16H19N2+. The van der Waals surface area contributed by atoms with E-state index < -0.39 is 0 Å². The molecule has 0 spiro atoms. The van der Waals surface area contributed by atoms with Crippen LogP contribution in [-0.4, -0.2) is 4.68 Å². The van der Waals surface area contributed by atoms with E-state index in [2.05, 4.69) is 67.5 Å². The van der Waals surface area contributed by atoms with Crippen LogP contribution >= 0.6 is 0 Å². The largest absolute Gasteiger partial charge is 0.200 e. The van der Waals surface area contributed by atoms with Gasteiger partial charge in [-0.1, -0.05) is 45.9 Å². The summed E-state index contributed by atoms with van der Waals surface area (Å²) in [5, 5.41) is 0. The van der Waals surface area contributed by atoms with E-state index in [1.54, 1.807) is 0 Å². The van der Waals surface area contributed by atoms with Crippen LogP contribution in [0.1, 0.15) is 44.5 Å². The number of rotatable bonds is 0. The standard InChI is InChI=1S/C16H19N2/c1-15(2)12-7-5-6-11-10-17-9-8-13(16(15,3)4)18(17)14(11)12/h5-9H,10H2,1-4H3/q+1. The Hall–Kier alpha value is -1.57. The Kier molecular flexibility index (Phi) is 1.56. The van der Waals surface area contributed by atoms with Crippen molar-refractivity contribution in [2.75, 3.05) is 0 Å². The normalized spacial score (nSPS) is 20.9. The summed E-state index contributed by atoms with van der Waals surface area (Å²) in [5.41, 5.74) is 6.12. The number of aromatic nitrogens is 2. The van der Waals surface area contributed by atoms with Crippen LogP contribution in [0.25, 0.3) is 5.69 Å². The van der Waals surface area contributed by atoms with Gasteiger partial charge in [-0.3, -0.25) is 0 Å². The van der Waals surface area contributed by atoms with Crippen molar-refractivity contribution in [1.29, 1.82) is 0 Å². The van der Waals surface area contributed by atoms with Crippen molar-refractivity contribution in [2.45, 2.75) is 45.1 Å². The zero-order valence-electron chi connectivity index (χ0n) is 11.5. The van der Waals surface area contributed by atoms with E-state index in [0.717, 1.165) is 6.54 Å². The third kappa shape index (κ3) is 0.878. The lowest BCUT2D eigenvalue weighted by Crippen LogP contribution is -2.49. The van der Waals surface area contributed by atoms with Gasteiger partial charge in [0.05, 0.1) is 5.69 Å². The molecule has 0 N–H and O–H groups in total. The van der Waals surface area contributed by atoms with Gasteiger partial charge in [-0.25, -0.2) is 0 Å². The summed E-state index contributed by atoms with van der Waals surface area (Å²) in [5.74, 6) is 0. The first-order chi connectivity index (χ1) is 8.44. The molecule has 0 saturated heterocycles. The zero-order chi connectivity index (χ0) is 12.7. The molecule has 2 aliphatic heterocycles. The Morgan fingerprint density at radius 3 is 2.61 bits per heavy atom. The van der Waals surface area contributed by atoms with Crippen LogP contribution in [0.4, 0.5) is 0 Å². The molecule has 18 heavy (non-hydrogen) atoms. The average Bonchev–Trinajstić information content (AvgIpc) is 2.84. The highest BCUT2D eigenvalue weighted by molar-refractivity contribution is 5.57. The number of para-hydroxylation sites is 1. The van der Waals surface area contributed by atoms with Crippen LogP contribution in [0.2, 0.25) is 0 Å². The molecule has 4 rings (SSSR count). The predicted molar refractivity (Wildman–Crippen MR) is 71.1 cm³/mol. The van der Waals surface area contributed by atoms with Crippen molar-refractivity contribution in [3.8, 4) is 5.69 Å². The molecule has 1 aromatic carbocycles. The Morgan fingerprint density at radius 1 is 1.06 bits per heavy atom. The molecule has 1 aromatic heterocycles. The molecule has 0 amide bonds. The second kappa shape index (κ2) is 2.71. The molecule has 2 heteroatoms. The minimum absolute atomic E-state index is 0.147. The fourth-order valence-corrected chi connectivity index (χ4v) is 3.58. The summed E-state index contributed by atoms with van der Waals surface area (Å²) in [4.78, 5) is 0. The molecule has 0 radical (unpaired) electrons. The maximum Gasteiger partial charge on any atom is 0.200 e. The van der Waals surface area contributed by atoms with E-state index in [1.807, 2.05) is 0 Å². The molecule has 2 aliphatic rings. The van der Waals surface area contributed by atoms with Crippen molar-refractivity contribution in [3.63, 3.8) is 0 Å². The SMILES string of the molecule is CC1(C)c2cccc3c2-n2c(cc[n+]2C3)C1(C)C. The van der Waals surface area contributed by atoms with Crippen LogP contribution in [0, 0.1) is 0 Å². The van der Waals surface area contributed by atoms with Crippen molar-refractivity contribution in [2.24, 2.45) is 0 Å². The highest BCUT2D eigenvalue weighted by atomic mass is 15.4. The molecule has 0 bridgehead atoms. The van der Waals surface area contributed by atoms with Gasteiger partial charge in [-0.2, -0.15) is 0 Å². The van der Waals surface area contributed by atoms with Crippen LogP contribution in [0.3, 0.4) is 0 Å². The molecule has 2 nitrogen and oxygen atoms in total. The maximum atomic E-state index is 2.43. The first-order valence-corrected chi connectivity index (χ1v) is 6.69. The summed E-state index contributed by atoms with van der Waals surface area (Å²) in [7, 11) is 0. The smallest absolute Gasteiger partial charge is 0.124 e. The van der Waals surface area contributed by atoms with E-state index in [1.165, 1.54) is 22.5 Å². The number of nitrogens with zero attached hydrogens (tertiary/aromatic N) is 2. The van der Waals surface area contributed by atoms with E-state index in [9.17, 15) is 0 Å². The number of hydrogen-bond donors (Lipinski definition) is 0. The Bertz CT molecular complexity index is 674. The molecule has 0 atom stereocenters. The second-order valence-electron chi connectivity index (χ2n) is 6.67. The van der Waals surface area contributed by atoms with E-state index in [-0.39, 0.29) is 10.8 Å². The first kappa shape index (κ1) is 10.4. The molecular weight excluding hydrogens is 220 g/mol. The highest BCUT2D eigenvalue weighted by Crippen LogP contribution is 2.50. The van der Waals surface area contributed by atoms with Crippen molar-refractivity contribution in [1.82, 2.24) is 4.68 Å². The van der Waals surface area contributed by atoms with E-state index in [0.29, 0.717) is 0 Å². The van der Waals surface area contributed by atoms with E-state index >= 15 is 0 Å². The van der Waals surface area contributed by atoms with Crippen LogP contribution in [0.5, 0.6) is 0 Å². The second-order valence-corrected chi connectivity index (χ2v) is 6.67. The fourth-order valence-electron chi connectivity index (χ4n) is 3.58. The van der Waals surface area contributed by atoms with Crippen LogP contribution in [-0.2, 0) is 17.4 Å². The quantitative estimate of drug-likeness (QED) is 0.533. The van der Waals surface area contributed by atoms with E-state index in [4.69, 9.17) is 0 Å². The van der Waals surface area contributed by atoms with Crippen molar-refractivity contribution >= 4 is 0 Å². The van der Waals surface area contributed by atoms with Gasteiger partial charge in [0, 0.05) is 22.5 Å². The van der Waals surface area contributed by atoms with Gasteiger partial charge in [0.2, 0.25) is 0 Å². The van der Waals surface area contributed by atoms with Crippen molar-refractivity contribution < 1.29 is 4.68 Å². The van der Waals surface area contributed by atoms with Crippen LogP contribution < -0.4 is 4.68 Å². The Labute approximate surface area is 108 Å². The third-order valence-corrected chi connectivity index (χ3v) is 5.43. The van der Waals surface area contributed by atoms with Crippen molar-refractivity contribution in [3.05, 3.63) is 47.3 Å². The van der Waals surface area contributed by atoms with Gasteiger partial charge in [-0.05, 0) is 5.56 Å². The monoisotopic (exact) mass is 239 g/mol. The number of hydrogen-bond acceptors (Lipinski definition) is 0. The molecule has 0 aliphatic carbocycles. The Morgan fingerprint density at radius 2 is 1.83 bits per heavy atom. The molecule has 0 saturated carbocycles. The molecule has 0 unspecified atom stereocenters. The summed E-state index contributed by atoms with van der Waals surface area (Å²) in [6.45, 7) is 10.5. The minimum Gasteiger partial charge on any atom is -0.124 e. The van der Waals surface area contributed by atoms with Gasteiger partial charge in [0.25, 0.3) is 0 Å². The topological polar surface area (TPSA) is 8.81 Å². The lowest BCUT2D eigenvalue weighted by molar-refractivity contribution is -0.752. The molecule has 0 fully saturated rings. The Balaban J connectivity index is 2.21. The van der Waals surface area contributed by atoms with Gasteiger partial charge in [0.15, 0.2) is 12.7 Å². The third-order valence-electron chi connectivity index (χ3n) is 5.43. The predicted octanol–water partition coefficient (Wildman–Crippen LogP) is 2.70. The van der Waals surface area contributed by atoms with Crippen LogP contribution in [0.15, 0.2) is 30.5 Å². The first-order valence-electron chi connectivity index (χ1n) is 6.69. The summed E-state index contributed by atoms with van der Waals surface area (Å²) in [6.07, 6.45) is 2.22. The molecule has 92 valence electrons. The fraction of sp³-hybridized carbons (Fsp3) is 0.438. The summed E-state index contributed by atoms with van der Waals surface area (Å²) in [6, 6.07) is 9.07.